The van der Waals surface area contributed by atoms with Gasteiger partial charge in [-0.1, -0.05) is 37.3 Å². The van der Waals surface area contributed by atoms with Crippen LogP contribution in [0.25, 0.3) is 10.8 Å². The van der Waals surface area contributed by atoms with Crippen LogP contribution in [-0.2, 0) is 16.6 Å². The molecule has 3 nitrogen and oxygen atoms in total. The summed E-state index contributed by atoms with van der Waals surface area (Å²) in [6.07, 6.45) is 0.759. The van der Waals surface area contributed by atoms with Gasteiger partial charge in [0, 0.05) is 5.56 Å². The van der Waals surface area contributed by atoms with Crippen LogP contribution >= 0.6 is 7.60 Å². The Morgan fingerprint density at radius 2 is 1.74 bits per heavy atom. The molecule has 0 radical (unpaired) electrons. The first-order chi connectivity index (χ1) is 8.75. The molecule has 0 unspecified atom stereocenters. The Balaban J connectivity index is 2.61. The topological polar surface area (TPSA) is 57.5 Å². The van der Waals surface area contributed by atoms with Gasteiger partial charge in [0.2, 0.25) is 0 Å². The first-order valence-corrected chi connectivity index (χ1v) is 7.33. The number of aryl methyl sites for hydroxylation is 1. The maximum Gasteiger partial charge on any atom is 0.399 e. The molecule has 2 aromatic rings. The summed E-state index contributed by atoms with van der Waals surface area (Å²) in [6, 6.07) is 9.06. The Morgan fingerprint density at radius 3 is 2.32 bits per heavy atom. The van der Waals surface area contributed by atoms with E-state index in [4.69, 9.17) is 9.79 Å². The van der Waals surface area contributed by atoms with Crippen LogP contribution in [0.3, 0.4) is 0 Å². The van der Waals surface area contributed by atoms with E-state index >= 15 is 0 Å². The van der Waals surface area contributed by atoms with Crippen molar-refractivity contribution in [1.82, 2.24) is 0 Å². The maximum absolute atomic E-state index is 13.6. The van der Waals surface area contributed by atoms with Gasteiger partial charge in [0.05, 0.1) is 0 Å². The van der Waals surface area contributed by atoms with E-state index in [1.54, 1.807) is 12.1 Å². The average Bonchev–Trinajstić information content (AvgIpc) is 2.36. The molecule has 2 rings (SSSR count). The molecule has 0 heterocycles. The second-order valence-corrected chi connectivity index (χ2v) is 5.98. The molecule has 0 amide bonds. The fourth-order valence-corrected chi connectivity index (χ4v) is 2.35. The molecule has 19 heavy (non-hydrogen) atoms. The minimum Gasteiger partial charge on any atom is -0.320 e. The van der Waals surface area contributed by atoms with Crippen molar-refractivity contribution in [3.05, 3.63) is 47.5 Å². The molecule has 0 spiro atoms. The average molecular weight is 286 g/mol. The summed E-state index contributed by atoms with van der Waals surface area (Å²) in [5.74, 6) is 0. The number of benzene rings is 2. The zero-order valence-electron chi connectivity index (χ0n) is 10.2. The van der Waals surface area contributed by atoms with E-state index in [1.165, 1.54) is 6.07 Å². The fraction of sp³-hybridized carbons (Fsp3) is 0.231. The molecule has 0 saturated heterocycles. The van der Waals surface area contributed by atoms with Crippen LogP contribution < -0.4 is 0 Å². The van der Waals surface area contributed by atoms with E-state index in [9.17, 15) is 13.3 Å². The molecular weight excluding hydrogens is 273 g/mol. The number of hydrogen-bond donors (Lipinski definition) is 2. The molecule has 0 fully saturated rings. The molecule has 0 saturated carbocycles. The highest BCUT2D eigenvalue weighted by Gasteiger charge is 2.50. The van der Waals surface area contributed by atoms with Gasteiger partial charge in [0.1, 0.15) is 0 Å². The summed E-state index contributed by atoms with van der Waals surface area (Å²) in [6.45, 7) is 1.94. The van der Waals surface area contributed by atoms with Crippen molar-refractivity contribution in [3.8, 4) is 0 Å². The van der Waals surface area contributed by atoms with Gasteiger partial charge >= 0.3 is 13.3 Å². The van der Waals surface area contributed by atoms with Crippen molar-refractivity contribution in [2.75, 3.05) is 0 Å². The lowest BCUT2D eigenvalue weighted by Gasteiger charge is -2.18. The molecule has 0 aliphatic heterocycles. The quantitative estimate of drug-likeness (QED) is 0.847. The van der Waals surface area contributed by atoms with Crippen LogP contribution in [0.2, 0.25) is 0 Å². The molecule has 2 N–H and O–H groups in total. The fourth-order valence-electron chi connectivity index (χ4n) is 1.87. The van der Waals surface area contributed by atoms with Crippen LogP contribution in [0, 0.1) is 0 Å². The lowest BCUT2D eigenvalue weighted by molar-refractivity contribution is 0.0566. The van der Waals surface area contributed by atoms with Crippen LogP contribution in [0.15, 0.2) is 36.4 Å². The lowest BCUT2D eigenvalue weighted by atomic mass is 10.0. The molecule has 0 aliphatic rings. The predicted molar refractivity (Wildman–Crippen MR) is 69.3 cm³/mol. The SMILES string of the molecule is CCc1ccc2ccc(C(F)(F)P(=O)(O)O)cc2c1. The van der Waals surface area contributed by atoms with Crippen molar-refractivity contribution in [2.24, 2.45) is 0 Å². The molecule has 0 bridgehead atoms. The summed E-state index contributed by atoms with van der Waals surface area (Å²) in [5.41, 5.74) is -3.85. The number of hydrogen-bond acceptors (Lipinski definition) is 1. The highest BCUT2D eigenvalue weighted by atomic mass is 31.2. The standard InChI is InChI=1S/C13H13F2O3P/c1-2-9-3-4-10-5-6-12(8-11(10)7-9)13(14,15)19(16,17)18/h3-8H,2H2,1H3,(H2,16,17,18). The van der Waals surface area contributed by atoms with Crippen LogP contribution in [0.1, 0.15) is 18.1 Å². The monoisotopic (exact) mass is 286 g/mol. The van der Waals surface area contributed by atoms with Gasteiger partial charge in [-0.15, -0.1) is 0 Å². The minimum absolute atomic E-state index is 0.546. The second-order valence-electron chi connectivity index (χ2n) is 4.34. The first-order valence-electron chi connectivity index (χ1n) is 5.72. The lowest BCUT2D eigenvalue weighted by Crippen LogP contribution is -2.13. The van der Waals surface area contributed by atoms with Gasteiger partial charge in [-0.3, -0.25) is 4.57 Å². The van der Waals surface area contributed by atoms with E-state index in [2.05, 4.69) is 0 Å². The van der Waals surface area contributed by atoms with E-state index in [1.807, 2.05) is 13.0 Å². The Kier molecular flexibility index (Phi) is 3.47. The second kappa shape index (κ2) is 4.67. The van der Waals surface area contributed by atoms with Gasteiger partial charge in [-0.05, 0) is 28.8 Å². The van der Waals surface area contributed by atoms with Crippen molar-refractivity contribution in [2.45, 2.75) is 19.0 Å². The number of alkyl halides is 2. The third-order valence-electron chi connectivity index (χ3n) is 3.03. The zero-order chi connectivity index (χ0) is 14.3. The summed E-state index contributed by atoms with van der Waals surface area (Å²) in [7, 11) is -5.52. The molecule has 2 aromatic carbocycles. The van der Waals surface area contributed by atoms with Crippen molar-refractivity contribution < 1.29 is 23.1 Å². The van der Waals surface area contributed by atoms with Crippen LogP contribution in [0.5, 0.6) is 0 Å². The highest BCUT2D eigenvalue weighted by molar-refractivity contribution is 7.52. The molecule has 0 aromatic heterocycles. The van der Waals surface area contributed by atoms with Gasteiger partial charge in [-0.25, -0.2) is 0 Å². The normalized spacial score (nSPS) is 12.9. The summed E-state index contributed by atoms with van der Waals surface area (Å²) < 4.78 is 38.1. The third-order valence-corrected chi connectivity index (χ3v) is 4.02. The van der Waals surface area contributed by atoms with Gasteiger partial charge < -0.3 is 9.79 Å². The van der Waals surface area contributed by atoms with Crippen molar-refractivity contribution >= 4 is 18.4 Å². The van der Waals surface area contributed by atoms with E-state index in [0.717, 1.165) is 29.5 Å². The number of rotatable bonds is 3. The van der Waals surface area contributed by atoms with E-state index in [-0.39, 0.29) is 0 Å². The Hall–Kier alpha value is -1.29. The zero-order valence-corrected chi connectivity index (χ0v) is 11.1. The predicted octanol–water partition coefficient (Wildman–Crippen LogP) is 3.63. The minimum atomic E-state index is -5.52. The first kappa shape index (κ1) is 14.1. The molecule has 6 heteroatoms. The Labute approximate surface area is 109 Å². The maximum atomic E-state index is 13.6. The molecule has 102 valence electrons. The van der Waals surface area contributed by atoms with Gasteiger partial charge in [-0.2, -0.15) is 8.78 Å². The van der Waals surface area contributed by atoms with Gasteiger partial charge in [0.25, 0.3) is 0 Å². The Bertz CT molecular complexity index is 664. The van der Waals surface area contributed by atoms with Crippen LogP contribution in [0.4, 0.5) is 8.78 Å². The molecule has 0 aliphatic carbocycles. The smallest absolute Gasteiger partial charge is 0.320 e. The number of fused-ring (bicyclic) bond motifs is 1. The third kappa shape index (κ3) is 2.54. The van der Waals surface area contributed by atoms with Crippen molar-refractivity contribution in [1.29, 1.82) is 0 Å². The van der Waals surface area contributed by atoms with Crippen LogP contribution in [-0.4, -0.2) is 9.79 Å². The largest absolute Gasteiger partial charge is 0.399 e. The summed E-state index contributed by atoms with van der Waals surface area (Å²) in [5, 5.41) is 1.30. The Morgan fingerprint density at radius 1 is 1.11 bits per heavy atom. The van der Waals surface area contributed by atoms with Crippen molar-refractivity contribution in [3.63, 3.8) is 0 Å². The molecular formula is C13H13F2O3P. The summed E-state index contributed by atoms with van der Waals surface area (Å²) >= 11 is 0. The van der Waals surface area contributed by atoms with E-state index in [0.29, 0.717) is 5.39 Å². The number of halogens is 2. The van der Waals surface area contributed by atoms with Gasteiger partial charge in [0.15, 0.2) is 0 Å². The van der Waals surface area contributed by atoms with E-state index < -0.39 is 18.8 Å². The molecule has 0 atom stereocenters. The summed E-state index contributed by atoms with van der Waals surface area (Å²) in [4.78, 5) is 17.5. The highest BCUT2D eigenvalue weighted by Crippen LogP contribution is 2.59.